The molecule has 0 fully saturated rings. The van der Waals surface area contributed by atoms with E-state index in [0.29, 0.717) is 0 Å². The van der Waals surface area contributed by atoms with E-state index in [1.54, 1.807) is 18.4 Å². The van der Waals surface area contributed by atoms with E-state index < -0.39 is 0 Å². The highest BCUT2D eigenvalue weighted by Crippen LogP contribution is 2.40. The molecule has 1 aromatic heterocycles. The summed E-state index contributed by atoms with van der Waals surface area (Å²) < 4.78 is 5.73. The highest BCUT2D eigenvalue weighted by Gasteiger charge is 2.32. The Hall–Kier alpha value is -0.450. The van der Waals surface area contributed by atoms with Crippen molar-refractivity contribution < 1.29 is 4.74 Å². The van der Waals surface area contributed by atoms with Crippen LogP contribution in [0, 0.1) is 5.41 Å². The normalized spacial score (nSPS) is 14.5. The molecule has 0 saturated carbocycles. The predicted octanol–water partition coefficient (Wildman–Crippen LogP) is 4.67. The van der Waals surface area contributed by atoms with Gasteiger partial charge in [-0.3, -0.25) is 0 Å². The standard InChI is InChI=1S/C17H32N2OS/c1-9-10-18-11-12-13(16(2,3)4)19-15(21-12)14(20-8)17(5,6)7/h14,18H,9-11H2,1-8H3. The third kappa shape index (κ3) is 5.04. The number of hydrogen-bond donors (Lipinski definition) is 1. The minimum Gasteiger partial charge on any atom is -0.374 e. The maximum Gasteiger partial charge on any atom is 0.123 e. The summed E-state index contributed by atoms with van der Waals surface area (Å²) in [5.74, 6) is 0. The van der Waals surface area contributed by atoms with Gasteiger partial charge in [-0.1, -0.05) is 48.5 Å². The van der Waals surface area contributed by atoms with Gasteiger partial charge in [-0.05, 0) is 18.4 Å². The van der Waals surface area contributed by atoms with Crippen LogP contribution in [-0.2, 0) is 16.7 Å². The summed E-state index contributed by atoms with van der Waals surface area (Å²) in [6.45, 7) is 17.4. The van der Waals surface area contributed by atoms with Gasteiger partial charge in [0, 0.05) is 23.9 Å². The van der Waals surface area contributed by atoms with Gasteiger partial charge in [0.15, 0.2) is 0 Å². The van der Waals surface area contributed by atoms with E-state index in [4.69, 9.17) is 9.72 Å². The van der Waals surface area contributed by atoms with Gasteiger partial charge in [0.2, 0.25) is 0 Å². The van der Waals surface area contributed by atoms with Crippen LogP contribution in [0.4, 0.5) is 0 Å². The van der Waals surface area contributed by atoms with E-state index in [0.717, 1.165) is 24.5 Å². The Labute approximate surface area is 134 Å². The summed E-state index contributed by atoms with van der Waals surface area (Å²) in [4.78, 5) is 6.30. The maximum atomic E-state index is 5.73. The van der Waals surface area contributed by atoms with E-state index in [1.165, 1.54) is 10.6 Å². The first-order chi connectivity index (χ1) is 9.61. The average Bonchev–Trinajstić information content (AvgIpc) is 2.72. The van der Waals surface area contributed by atoms with Gasteiger partial charge in [-0.25, -0.2) is 4.98 Å². The monoisotopic (exact) mass is 312 g/mol. The molecule has 0 spiro atoms. The van der Waals surface area contributed by atoms with E-state index in [1.807, 2.05) is 0 Å². The first-order valence-electron chi connectivity index (χ1n) is 7.84. The van der Waals surface area contributed by atoms with Gasteiger partial charge >= 0.3 is 0 Å². The number of methoxy groups -OCH3 is 1. The van der Waals surface area contributed by atoms with Crippen LogP contribution in [0.1, 0.15) is 76.6 Å². The molecule has 1 atom stereocenters. The number of hydrogen-bond acceptors (Lipinski definition) is 4. The van der Waals surface area contributed by atoms with Crippen molar-refractivity contribution in [1.82, 2.24) is 10.3 Å². The smallest absolute Gasteiger partial charge is 0.123 e. The Morgan fingerprint density at radius 1 is 1.19 bits per heavy atom. The lowest BCUT2D eigenvalue weighted by Gasteiger charge is -2.27. The fourth-order valence-electron chi connectivity index (χ4n) is 2.39. The van der Waals surface area contributed by atoms with Crippen LogP contribution in [0.15, 0.2) is 0 Å². The number of ether oxygens (including phenoxy) is 1. The third-order valence-corrected chi connectivity index (χ3v) is 4.48. The van der Waals surface area contributed by atoms with Gasteiger partial charge in [-0.15, -0.1) is 11.3 Å². The van der Waals surface area contributed by atoms with Gasteiger partial charge in [-0.2, -0.15) is 0 Å². The summed E-state index contributed by atoms with van der Waals surface area (Å²) in [7, 11) is 1.78. The van der Waals surface area contributed by atoms with Gasteiger partial charge < -0.3 is 10.1 Å². The molecule has 1 unspecified atom stereocenters. The van der Waals surface area contributed by atoms with Crippen molar-refractivity contribution in [2.75, 3.05) is 13.7 Å². The zero-order chi connectivity index (χ0) is 16.3. The molecule has 1 N–H and O–H groups in total. The molecular weight excluding hydrogens is 280 g/mol. The van der Waals surface area contributed by atoms with Crippen LogP contribution in [0.2, 0.25) is 0 Å². The molecule has 1 aromatic rings. The zero-order valence-corrected chi connectivity index (χ0v) is 15.8. The Bertz CT molecular complexity index is 441. The molecule has 0 amide bonds. The van der Waals surface area contributed by atoms with Crippen molar-refractivity contribution in [1.29, 1.82) is 0 Å². The summed E-state index contributed by atoms with van der Waals surface area (Å²) in [6.07, 6.45) is 1.20. The summed E-state index contributed by atoms with van der Waals surface area (Å²) in [5, 5.41) is 4.60. The summed E-state index contributed by atoms with van der Waals surface area (Å²) in [6, 6.07) is 0. The van der Waals surface area contributed by atoms with Crippen LogP contribution in [0.3, 0.4) is 0 Å². The topological polar surface area (TPSA) is 34.1 Å². The average molecular weight is 313 g/mol. The lowest BCUT2D eigenvalue weighted by molar-refractivity contribution is 0.0149. The molecule has 0 radical (unpaired) electrons. The van der Waals surface area contributed by atoms with Crippen molar-refractivity contribution in [3.05, 3.63) is 15.6 Å². The Morgan fingerprint density at radius 2 is 1.81 bits per heavy atom. The van der Waals surface area contributed by atoms with Crippen molar-refractivity contribution in [3.63, 3.8) is 0 Å². The highest BCUT2D eigenvalue weighted by atomic mass is 32.1. The molecule has 1 rings (SSSR count). The molecule has 4 heteroatoms. The van der Waals surface area contributed by atoms with Crippen molar-refractivity contribution in [2.45, 2.75) is 73.0 Å². The quantitative estimate of drug-likeness (QED) is 0.775. The highest BCUT2D eigenvalue weighted by molar-refractivity contribution is 7.11. The molecule has 0 bridgehead atoms. The maximum absolute atomic E-state index is 5.73. The lowest BCUT2D eigenvalue weighted by atomic mass is 9.88. The van der Waals surface area contributed by atoms with Crippen molar-refractivity contribution >= 4 is 11.3 Å². The second kappa shape index (κ2) is 7.21. The number of nitrogens with zero attached hydrogens (tertiary/aromatic N) is 1. The molecule has 0 aromatic carbocycles. The SMILES string of the molecule is CCCNCc1sc(C(OC)C(C)(C)C)nc1C(C)(C)C. The van der Waals surface area contributed by atoms with Crippen LogP contribution >= 0.6 is 11.3 Å². The van der Waals surface area contributed by atoms with Crippen molar-refractivity contribution in [2.24, 2.45) is 5.41 Å². The minimum absolute atomic E-state index is 0.0449. The molecule has 0 saturated heterocycles. The van der Waals surface area contributed by atoms with Crippen molar-refractivity contribution in [3.8, 4) is 0 Å². The first kappa shape index (κ1) is 18.6. The molecule has 122 valence electrons. The summed E-state index contributed by atoms with van der Waals surface area (Å²) in [5.41, 5.74) is 1.32. The fourth-order valence-corrected chi connectivity index (χ4v) is 3.96. The molecule has 3 nitrogen and oxygen atoms in total. The number of aromatic nitrogens is 1. The summed E-state index contributed by atoms with van der Waals surface area (Å²) >= 11 is 1.80. The zero-order valence-electron chi connectivity index (χ0n) is 15.0. The lowest BCUT2D eigenvalue weighted by Crippen LogP contribution is -2.21. The van der Waals surface area contributed by atoms with Gasteiger partial charge in [0.05, 0.1) is 5.69 Å². The Kier molecular flexibility index (Phi) is 6.38. The molecular formula is C17H32N2OS. The van der Waals surface area contributed by atoms with Crippen LogP contribution in [-0.4, -0.2) is 18.6 Å². The second-order valence-electron chi connectivity index (χ2n) is 7.73. The molecule has 21 heavy (non-hydrogen) atoms. The fraction of sp³-hybridized carbons (Fsp3) is 0.824. The minimum atomic E-state index is 0.0449. The van der Waals surface area contributed by atoms with Gasteiger partial charge in [0.25, 0.3) is 0 Å². The van der Waals surface area contributed by atoms with E-state index in [9.17, 15) is 0 Å². The molecule has 0 aliphatic heterocycles. The molecule has 0 aliphatic carbocycles. The van der Waals surface area contributed by atoms with E-state index >= 15 is 0 Å². The van der Waals surface area contributed by atoms with Crippen LogP contribution in [0.5, 0.6) is 0 Å². The van der Waals surface area contributed by atoms with Gasteiger partial charge in [0.1, 0.15) is 11.1 Å². The predicted molar refractivity (Wildman–Crippen MR) is 92.0 cm³/mol. The van der Waals surface area contributed by atoms with Crippen LogP contribution < -0.4 is 5.32 Å². The number of rotatable bonds is 6. The molecule has 0 aliphatic rings. The molecule has 1 heterocycles. The Balaban J connectivity index is 3.13. The van der Waals surface area contributed by atoms with E-state index in [2.05, 4.69) is 53.8 Å². The second-order valence-corrected chi connectivity index (χ2v) is 8.85. The van der Waals surface area contributed by atoms with Crippen LogP contribution in [0.25, 0.3) is 0 Å². The first-order valence-corrected chi connectivity index (χ1v) is 8.66. The van der Waals surface area contributed by atoms with E-state index in [-0.39, 0.29) is 16.9 Å². The number of nitrogens with one attached hydrogen (secondary N) is 1. The number of thiazole rings is 1. The Morgan fingerprint density at radius 3 is 2.24 bits per heavy atom. The largest absolute Gasteiger partial charge is 0.374 e. The third-order valence-electron chi connectivity index (χ3n) is 3.38.